The lowest BCUT2D eigenvalue weighted by Gasteiger charge is -2.35. The van der Waals surface area contributed by atoms with E-state index in [1.54, 1.807) is 36.1 Å². The van der Waals surface area contributed by atoms with Crippen molar-refractivity contribution in [2.24, 2.45) is 0 Å². The monoisotopic (exact) mass is 372 g/mol. The number of anilines is 2. The lowest BCUT2D eigenvalue weighted by molar-refractivity contribution is 0.0526. The van der Waals surface area contributed by atoms with E-state index in [0.717, 1.165) is 5.82 Å². The number of carbonyl (C=O) groups is 2. The van der Waals surface area contributed by atoms with Crippen LogP contribution in [0.5, 0.6) is 0 Å². The summed E-state index contributed by atoms with van der Waals surface area (Å²) in [6.45, 7) is 4.23. The summed E-state index contributed by atoms with van der Waals surface area (Å²) in [4.78, 5) is 32.0. The van der Waals surface area contributed by atoms with Crippen molar-refractivity contribution in [3.05, 3.63) is 54.0 Å². The van der Waals surface area contributed by atoms with Gasteiger partial charge in [-0.1, -0.05) is 12.1 Å². The van der Waals surface area contributed by atoms with Gasteiger partial charge in [-0.05, 0) is 31.2 Å². The van der Waals surface area contributed by atoms with Gasteiger partial charge in [0, 0.05) is 32.4 Å². The number of carbonyl (C=O) groups excluding carboxylic acids is 2. The molecule has 0 spiro atoms. The van der Waals surface area contributed by atoms with Crippen molar-refractivity contribution in [3.63, 3.8) is 0 Å². The second-order valence-electron chi connectivity index (χ2n) is 6.01. The summed E-state index contributed by atoms with van der Waals surface area (Å²) in [5, 5.41) is 2.59. The third kappa shape index (κ3) is 4.52. The number of benzene rings is 1. The first-order chi connectivity index (χ1) is 13.1. The van der Waals surface area contributed by atoms with Crippen molar-refractivity contribution >= 4 is 23.5 Å². The molecule has 1 N–H and O–H groups in total. The Bertz CT molecular complexity index is 805. The van der Waals surface area contributed by atoms with Gasteiger partial charge in [-0.3, -0.25) is 0 Å². The van der Waals surface area contributed by atoms with Gasteiger partial charge in [0.1, 0.15) is 11.6 Å². The molecular formula is C19H21FN4O3. The first kappa shape index (κ1) is 18.6. The number of para-hydroxylation sites is 1. The molecule has 2 heterocycles. The minimum Gasteiger partial charge on any atom is -0.462 e. The molecule has 27 heavy (non-hydrogen) atoms. The van der Waals surface area contributed by atoms with Gasteiger partial charge in [-0.15, -0.1) is 0 Å². The third-order valence-electron chi connectivity index (χ3n) is 4.27. The molecule has 3 rings (SSSR count). The van der Waals surface area contributed by atoms with Crippen molar-refractivity contribution in [3.8, 4) is 0 Å². The molecular weight excluding hydrogens is 351 g/mol. The van der Waals surface area contributed by atoms with Crippen LogP contribution in [-0.4, -0.2) is 54.7 Å². The van der Waals surface area contributed by atoms with Crippen LogP contribution in [0.25, 0.3) is 0 Å². The van der Waals surface area contributed by atoms with Crippen LogP contribution in [0.15, 0.2) is 42.6 Å². The van der Waals surface area contributed by atoms with Crippen LogP contribution in [-0.2, 0) is 4.74 Å². The number of esters is 1. The zero-order valence-electron chi connectivity index (χ0n) is 15.0. The zero-order chi connectivity index (χ0) is 19.2. The fourth-order valence-electron chi connectivity index (χ4n) is 2.80. The summed E-state index contributed by atoms with van der Waals surface area (Å²) >= 11 is 0. The molecule has 1 aromatic heterocycles. The predicted octanol–water partition coefficient (Wildman–Crippen LogP) is 2.75. The minimum absolute atomic E-state index is 0.168. The van der Waals surface area contributed by atoms with Crippen molar-refractivity contribution in [1.82, 2.24) is 9.88 Å². The van der Waals surface area contributed by atoms with E-state index in [1.165, 1.54) is 18.3 Å². The Morgan fingerprint density at radius 3 is 2.52 bits per heavy atom. The highest BCUT2D eigenvalue weighted by molar-refractivity contribution is 5.90. The van der Waals surface area contributed by atoms with Gasteiger partial charge in [0.15, 0.2) is 0 Å². The minimum atomic E-state index is -0.463. The highest BCUT2D eigenvalue weighted by atomic mass is 19.1. The fraction of sp³-hybridized carbons (Fsp3) is 0.316. The Balaban J connectivity index is 1.55. The molecule has 142 valence electrons. The fourth-order valence-corrected chi connectivity index (χ4v) is 2.80. The number of aromatic nitrogens is 1. The van der Waals surface area contributed by atoms with Gasteiger partial charge in [0.2, 0.25) is 0 Å². The van der Waals surface area contributed by atoms with Crippen LogP contribution < -0.4 is 10.2 Å². The maximum Gasteiger partial charge on any atom is 0.339 e. The molecule has 0 radical (unpaired) electrons. The average molecular weight is 372 g/mol. The Labute approximate surface area is 156 Å². The second kappa shape index (κ2) is 8.48. The smallest absolute Gasteiger partial charge is 0.339 e. The number of rotatable bonds is 4. The van der Waals surface area contributed by atoms with E-state index < -0.39 is 11.8 Å². The van der Waals surface area contributed by atoms with E-state index in [-0.39, 0.29) is 11.7 Å². The first-order valence-corrected chi connectivity index (χ1v) is 8.77. The van der Waals surface area contributed by atoms with E-state index in [0.29, 0.717) is 38.3 Å². The Hall–Kier alpha value is -3.16. The van der Waals surface area contributed by atoms with E-state index in [9.17, 15) is 14.0 Å². The summed E-state index contributed by atoms with van der Waals surface area (Å²) in [5.41, 5.74) is 0.574. The molecule has 1 fully saturated rings. The van der Waals surface area contributed by atoms with Crippen LogP contribution in [0.2, 0.25) is 0 Å². The topological polar surface area (TPSA) is 74.8 Å². The molecule has 0 bridgehead atoms. The normalized spacial score (nSPS) is 14.0. The molecule has 0 aliphatic carbocycles. The maximum absolute atomic E-state index is 13.7. The molecule has 1 aromatic carbocycles. The van der Waals surface area contributed by atoms with E-state index in [4.69, 9.17) is 4.74 Å². The third-order valence-corrected chi connectivity index (χ3v) is 4.27. The van der Waals surface area contributed by atoms with Crippen molar-refractivity contribution in [2.75, 3.05) is 43.0 Å². The quantitative estimate of drug-likeness (QED) is 0.836. The lowest BCUT2D eigenvalue weighted by atomic mass is 10.2. The molecule has 1 aliphatic heterocycles. The molecule has 8 heteroatoms. The van der Waals surface area contributed by atoms with Crippen LogP contribution in [0.3, 0.4) is 0 Å². The molecule has 7 nitrogen and oxygen atoms in total. The first-order valence-electron chi connectivity index (χ1n) is 8.77. The second-order valence-corrected chi connectivity index (χ2v) is 6.01. The number of nitrogens with zero attached hydrogens (tertiary/aromatic N) is 3. The van der Waals surface area contributed by atoms with Gasteiger partial charge < -0.3 is 19.9 Å². The Morgan fingerprint density at radius 2 is 1.89 bits per heavy atom. The summed E-state index contributed by atoms with van der Waals surface area (Å²) in [7, 11) is 0. The van der Waals surface area contributed by atoms with Crippen molar-refractivity contribution in [2.45, 2.75) is 6.92 Å². The summed E-state index contributed by atoms with van der Waals surface area (Å²) in [5.74, 6) is -0.126. The van der Waals surface area contributed by atoms with E-state index >= 15 is 0 Å². The van der Waals surface area contributed by atoms with Gasteiger partial charge in [0.05, 0.1) is 17.9 Å². The zero-order valence-corrected chi connectivity index (χ0v) is 15.0. The van der Waals surface area contributed by atoms with Gasteiger partial charge in [0.25, 0.3) is 0 Å². The standard InChI is InChI=1S/C19H21FN4O3/c1-2-27-18(25)14-7-8-17(21-13-14)23-9-11-24(12-10-23)19(26)22-16-6-4-3-5-15(16)20/h3-8,13H,2,9-12H2,1H3,(H,22,26). The Morgan fingerprint density at radius 1 is 1.15 bits per heavy atom. The van der Waals surface area contributed by atoms with Gasteiger partial charge in [-0.25, -0.2) is 19.0 Å². The molecule has 1 aliphatic rings. The number of amides is 2. The highest BCUT2D eigenvalue weighted by Crippen LogP contribution is 2.17. The predicted molar refractivity (Wildman–Crippen MR) is 99.4 cm³/mol. The average Bonchev–Trinajstić information content (AvgIpc) is 2.70. The highest BCUT2D eigenvalue weighted by Gasteiger charge is 2.22. The van der Waals surface area contributed by atoms with E-state index in [1.807, 2.05) is 4.90 Å². The summed E-state index contributed by atoms with van der Waals surface area (Å²) in [6, 6.07) is 9.19. The van der Waals surface area contributed by atoms with Crippen LogP contribution in [0.1, 0.15) is 17.3 Å². The number of hydrogen-bond acceptors (Lipinski definition) is 5. The number of piperazine rings is 1. The number of hydrogen-bond donors (Lipinski definition) is 1. The number of urea groups is 1. The van der Waals surface area contributed by atoms with Crippen LogP contribution in [0.4, 0.5) is 20.7 Å². The Kier molecular flexibility index (Phi) is 5.85. The summed E-state index contributed by atoms with van der Waals surface area (Å²) < 4.78 is 18.6. The summed E-state index contributed by atoms with van der Waals surface area (Å²) in [6.07, 6.45) is 1.49. The van der Waals surface area contributed by atoms with Crippen LogP contribution in [0, 0.1) is 5.82 Å². The van der Waals surface area contributed by atoms with Crippen molar-refractivity contribution in [1.29, 1.82) is 0 Å². The lowest BCUT2D eigenvalue weighted by Crippen LogP contribution is -2.50. The molecule has 0 unspecified atom stereocenters. The molecule has 0 atom stereocenters. The van der Waals surface area contributed by atoms with Gasteiger partial charge in [-0.2, -0.15) is 0 Å². The SMILES string of the molecule is CCOC(=O)c1ccc(N2CCN(C(=O)Nc3ccccc3F)CC2)nc1. The number of nitrogens with one attached hydrogen (secondary N) is 1. The molecule has 2 amide bonds. The maximum atomic E-state index is 13.7. The van der Waals surface area contributed by atoms with Crippen LogP contribution >= 0.6 is 0 Å². The largest absolute Gasteiger partial charge is 0.462 e. The number of pyridine rings is 1. The van der Waals surface area contributed by atoms with Gasteiger partial charge >= 0.3 is 12.0 Å². The molecule has 2 aromatic rings. The molecule has 0 saturated carbocycles. The number of halogens is 1. The molecule has 1 saturated heterocycles. The van der Waals surface area contributed by atoms with Crippen molar-refractivity contribution < 1.29 is 18.7 Å². The number of ether oxygens (including phenoxy) is 1. The van der Waals surface area contributed by atoms with E-state index in [2.05, 4.69) is 10.3 Å².